The van der Waals surface area contributed by atoms with E-state index >= 15 is 0 Å². The first-order valence-electron chi connectivity index (χ1n) is 3.62. The molecule has 13 heavy (non-hydrogen) atoms. The summed E-state index contributed by atoms with van der Waals surface area (Å²) in [6.07, 6.45) is 2.99. The van der Waals surface area contributed by atoms with Gasteiger partial charge in [0.15, 0.2) is 0 Å². The fraction of sp³-hybridized carbons (Fsp3) is 0.125. The average molecular weight is 196 g/mol. The van der Waals surface area contributed by atoms with Crippen molar-refractivity contribution in [1.82, 2.24) is 15.0 Å². The van der Waals surface area contributed by atoms with E-state index in [-0.39, 0.29) is 0 Å². The molecule has 0 aliphatic rings. The maximum atomic E-state index is 5.85. The van der Waals surface area contributed by atoms with Gasteiger partial charge >= 0.3 is 0 Å². The lowest BCUT2D eigenvalue weighted by Crippen LogP contribution is -1.92. The summed E-state index contributed by atoms with van der Waals surface area (Å²) in [6.45, 7) is 0. The van der Waals surface area contributed by atoms with Gasteiger partial charge in [0.05, 0.1) is 7.11 Å². The van der Waals surface area contributed by atoms with Gasteiger partial charge in [-0.3, -0.25) is 0 Å². The van der Waals surface area contributed by atoms with Crippen LogP contribution in [0.5, 0.6) is 5.88 Å². The number of fused-ring (bicyclic) bond motifs is 1. The quantitative estimate of drug-likeness (QED) is 0.650. The summed E-state index contributed by atoms with van der Waals surface area (Å²) in [5.41, 5.74) is 0.630. The highest BCUT2D eigenvalue weighted by Crippen LogP contribution is 2.24. The van der Waals surface area contributed by atoms with Gasteiger partial charge in [0, 0.05) is 11.6 Å². The summed E-state index contributed by atoms with van der Waals surface area (Å²) >= 11 is 5.85. The summed E-state index contributed by atoms with van der Waals surface area (Å²) in [7, 11) is 1.54. The first-order valence-corrected chi connectivity index (χ1v) is 4.00. The maximum absolute atomic E-state index is 5.85. The zero-order valence-electron chi connectivity index (χ0n) is 6.86. The molecular formula is C8H6ClN3O. The lowest BCUT2D eigenvalue weighted by atomic mass is 10.3. The Morgan fingerprint density at radius 2 is 2.15 bits per heavy atom. The standard InChI is InChI=1S/C8H6ClN3O/c1-13-8-6-5(2-3-10-8)7(9)12-4-11-6/h2-4H,1H3. The number of aromatic nitrogens is 3. The van der Waals surface area contributed by atoms with Crippen molar-refractivity contribution in [2.75, 3.05) is 7.11 Å². The second-order valence-electron chi connectivity index (χ2n) is 2.38. The van der Waals surface area contributed by atoms with Crippen LogP contribution in [0.3, 0.4) is 0 Å². The van der Waals surface area contributed by atoms with Crippen molar-refractivity contribution in [2.24, 2.45) is 0 Å². The van der Waals surface area contributed by atoms with Crippen LogP contribution in [-0.2, 0) is 0 Å². The van der Waals surface area contributed by atoms with Crippen molar-refractivity contribution in [3.63, 3.8) is 0 Å². The topological polar surface area (TPSA) is 47.9 Å². The van der Waals surface area contributed by atoms with E-state index in [0.717, 1.165) is 5.39 Å². The van der Waals surface area contributed by atoms with Gasteiger partial charge in [-0.2, -0.15) is 0 Å². The number of pyridine rings is 1. The molecule has 0 saturated carbocycles. The fourth-order valence-electron chi connectivity index (χ4n) is 1.08. The molecule has 0 aromatic carbocycles. The molecule has 0 bridgehead atoms. The predicted octanol–water partition coefficient (Wildman–Crippen LogP) is 1.69. The molecule has 0 N–H and O–H groups in total. The number of hydrogen-bond acceptors (Lipinski definition) is 4. The molecule has 0 aliphatic carbocycles. The van der Waals surface area contributed by atoms with Gasteiger partial charge in [-0.05, 0) is 6.07 Å². The molecule has 5 heteroatoms. The highest BCUT2D eigenvalue weighted by atomic mass is 35.5. The van der Waals surface area contributed by atoms with Crippen LogP contribution in [-0.4, -0.2) is 22.1 Å². The number of ether oxygens (including phenoxy) is 1. The van der Waals surface area contributed by atoms with Crippen LogP contribution in [0, 0.1) is 0 Å². The number of halogens is 1. The molecule has 0 spiro atoms. The molecule has 0 saturated heterocycles. The highest BCUT2D eigenvalue weighted by molar-refractivity contribution is 6.34. The van der Waals surface area contributed by atoms with Gasteiger partial charge in [-0.15, -0.1) is 0 Å². The third kappa shape index (κ3) is 1.29. The van der Waals surface area contributed by atoms with E-state index in [9.17, 15) is 0 Å². The Kier molecular flexibility index (Phi) is 1.98. The van der Waals surface area contributed by atoms with Crippen LogP contribution in [0.2, 0.25) is 5.15 Å². The summed E-state index contributed by atoms with van der Waals surface area (Å²) in [5, 5.41) is 1.15. The van der Waals surface area contributed by atoms with Crippen molar-refractivity contribution in [1.29, 1.82) is 0 Å². The molecular weight excluding hydrogens is 190 g/mol. The Balaban J connectivity index is 2.84. The monoisotopic (exact) mass is 195 g/mol. The minimum absolute atomic E-state index is 0.408. The summed E-state index contributed by atoms with van der Waals surface area (Å²) < 4.78 is 5.02. The molecule has 2 aromatic heterocycles. The van der Waals surface area contributed by atoms with Crippen molar-refractivity contribution < 1.29 is 4.74 Å². The first kappa shape index (κ1) is 8.19. The van der Waals surface area contributed by atoms with Crippen LogP contribution >= 0.6 is 11.6 Å². The second-order valence-corrected chi connectivity index (χ2v) is 2.74. The first-order chi connectivity index (χ1) is 6.33. The maximum Gasteiger partial charge on any atom is 0.240 e. The number of hydrogen-bond donors (Lipinski definition) is 0. The SMILES string of the molecule is COc1nccc2c(Cl)ncnc12. The van der Waals surface area contributed by atoms with Crippen molar-refractivity contribution in [3.8, 4) is 5.88 Å². The highest BCUT2D eigenvalue weighted by Gasteiger charge is 2.06. The smallest absolute Gasteiger partial charge is 0.240 e. The Bertz CT molecular complexity index is 446. The summed E-state index contributed by atoms with van der Waals surface area (Å²) in [5.74, 6) is 0.460. The Labute approximate surface area is 79.6 Å². The second kappa shape index (κ2) is 3.14. The molecule has 2 heterocycles. The Morgan fingerprint density at radius 3 is 2.92 bits per heavy atom. The molecule has 2 aromatic rings. The van der Waals surface area contributed by atoms with Gasteiger partial charge in [0.25, 0.3) is 0 Å². The van der Waals surface area contributed by atoms with E-state index in [4.69, 9.17) is 16.3 Å². The van der Waals surface area contributed by atoms with Crippen LogP contribution in [0.1, 0.15) is 0 Å². The molecule has 4 nitrogen and oxygen atoms in total. The molecule has 0 radical (unpaired) electrons. The third-order valence-corrected chi connectivity index (χ3v) is 1.97. The molecule has 0 fully saturated rings. The molecule has 2 rings (SSSR count). The number of methoxy groups -OCH3 is 1. The van der Waals surface area contributed by atoms with Crippen LogP contribution in [0.25, 0.3) is 10.9 Å². The normalized spacial score (nSPS) is 10.3. The third-order valence-electron chi connectivity index (χ3n) is 1.66. The fourth-order valence-corrected chi connectivity index (χ4v) is 1.28. The lowest BCUT2D eigenvalue weighted by Gasteiger charge is -2.02. The Hall–Kier alpha value is -1.42. The zero-order chi connectivity index (χ0) is 9.26. The number of nitrogens with zero attached hydrogens (tertiary/aromatic N) is 3. The van der Waals surface area contributed by atoms with E-state index in [1.165, 1.54) is 13.4 Å². The molecule has 0 amide bonds. The average Bonchev–Trinajstić information content (AvgIpc) is 2.18. The summed E-state index contributed by atoms with van der Waals surface area (Å²) in [6, 6.07) is 1.75. The van der Waals surface area contributed by atoms with Crippen LogP contribution in [0.4, 0.5) is 0 Å². The minimum Gasteiger partial charge on any atom is -0.479 e. The molecule has 66 valence electrons. The van der Waals surface area contributed by atoms with Gasteiger partial charge in [0.1, 0.15) is 17.0 Å². The van der Waals surface area contributed by atoms with Gasteiger partial charge < -0.3 is 4.74 Å². The van der Waals surface area contributed by atoms with E-state index < -0.39 is 0 Å². The largest absolute Gasteiger partial charge is 0.479 e. The van der Waals surface area contributed by atoms with Crippen molar-refractivity contribution in [2.45, 2.75) is 0 Å². The van der Waals surface area contributed by atoms with E-state index in [2.05, 4.69) is 15.0 Å². The van der Waals surface area contributed by atoms with Gasteiger partial charge in [-0.1, -0.05) is 11.6 Å². The van der Waals surface area contributed by atoms with Crippen LogP contribution < -0.4 is 4.74 Å². The Morgan fingerprint density at radius 1 is 1.31 bits per heavy atom. The molecule has 0 aliphatic heterocycles. The number of rotatable bonds is 1. The zero-order valence-corrected chi connectivity index (χ0v) is 7.62. The van der Waals surface area contributed by atoms with Gasteiger partial charge in [-0.25, -0.2) is 15.0 Å². The van der Waals surface area contributed by atoms with E-state index in [1.807, 2.05) is 0 Å². The molecule has 0 atom stereocenters. The van der Waals surface area contributed by atoms with Crippen LogP contribution in [0.15, 0.2) is 18.6 Å². The minimum atomic E-state index is 0.408. The summed E-state index contributed by atoms with van der Waals surface area (Å²) in [4.78, 5) is 11.9. The van der Waals surface area contributed by atoms with Crippen molar-refractivity contribution >= 4 is 22.5 Å². The molecule has 0 unspecified atom stereocenters. The van der Waals surface area contributed by atoms with E-state index in [0.29, 0.717) is 16.5 Å². The van der Waals surface area contributed by atoms with Gasteiger partial charge in [0.2, 0.25) is 5.88 Å². The van der Waals surface area contributed by atoms with Crippen molar-refractivity contribution in [3.05, 3.63) is 23.7 Å². The predicted molar refractivity (Wildman–Crippen MR) is 48.9 cm³/mol. The lowest BCUT2D eigenvalue weighted by molar-refractivity contribution is 0.402. The van der Waals surface area contributed by atoms with E-state index in [1.54, 1.807) is 12.3 Å².